The summed E-state index contributed by atoms with van der Waals surface area (Å²) < 4.78 is 0. The van der Waals surface area contributed by atoms with Gasteiger partial charge in [0, 0.05) is 12.6 Å². The van der Waals surface area contributed by atoms with Gasteiger partial charge in [-0.25, -0.2) is 0 Å². The molecule has 2 amide bonds. The van der Waals surface area contributed by atoms with Crippen molar-refractivity contribution in [3.05, 3.63) is 0 Å². The number of carbonyl (C=O) groups excluding carboxylic acids is 2. The lowest BCUT2D eigenvalue weighted by molar-refractivity contribution is -0.153. The van der Waals surface area contributed by atoms with E-state index in [1.165, 1.54) is 0 Å². The average Bonchev–Trinajstić information content (AvgIpc) is 2.19. The summed E-state index contributed by atoms with van der Waals surface area (Å²) in [4.78, 5) is 25.0. The number of amides is 2. The molecular weight excluding hydrogens is 218 g/mol. The van der Waals surface area contributed by atoms with Gasteiger partial charge in [0.15, 0.2) is 0 Å². The molecule has 0 aromatic rings. The Morgan fingerprint density at radius 2 is 1.94 bits per heavy atom. The van der Waals surface area contributed by atoms with Crippen LogP contribution in [0.3, 0.4) is 0 Å². The van der Waals surface area contributed by atoms with Crippen LogP contribution >= 0.6 is 0 Å². The normalized spacial score (nSPS) is 27.7. The van der Waals surface area contributed by atoms with Crippen molar-refractivity contribution in [2.75, 3.05) is 13.1 Å². The second kappa shape index (κ2) is 5.04. The number of hydrogen-bond acceptors (Lipinski definition) is 3. The third-order valence-electron chi connectivity index (χ3n) is 3.53. The highest BCUT2D eigenvalue weighted by molar-refractivity contribution is 5.88. The van der Waals surface area contributed by atoms with Gasteiger partial charge in [-0.05, 0) is 32.6 Å². The lowest BCUT2D eigenvalue weighted by Crippen LogP contribution is -2.57. The molecule has 1 aliphatic carbocycles. The van der Waals surface area contributed by atoms with E-state index in [0.717, 1.165) is 12.8 Å². The Kier molecular flexibility index (Phi) is 4.14. The predicted octanol–water partition coefficient (Wildman–Crippen LogP) is 0.0837. The maximum Gasteiger partial charge on any atom is 0.237 e. The van der Waals surface area contributed by atoms with Crippen LogP contribution in [-0.4, -0.2) is 35.8 Å². The van der Waals surface area contributed by atoms with Gasteiger partial charge in [-0.2, -0.15) is 0 Å². The standard InChI is InChI=1S/C12H23N3O2/c1-8(2)15(6-10(14)16)11(17)12(7-13)4-9(3)5-12/h8-9H,4-7,13H2,1-3H3,(H2,14,16). The number of nitrogens with two attached hydrogens (primary N) is 2. The number of hydrogen-bond donors (Lipinski definition) is 2. The molecule has 0 spiro atoms. The van der Waals surface area contributed by atoms with Crippen LogP contribution < -0.4 is 11.5 Å². The van der Waals surface area contributed by atoms with Crippen LogP contribution in [0.1, 0.15) is 33.6 Å². The molecule has 5 heteroatoms. The van der Waals surface area contributed by atoms with E-state index >= 15 is 0 Å². The Balaban J connectivity index is 2.80. The van der Waals surface area contributed by atoms with Crippen LogP contribution in [0.25, 0.3) is 0 Å². The van der Waals surface area contributed by atoms with Gasteiger partial charge < -0.3 is 16.4 Å². The number of primary amides is 1. The van der Waals surface area contributed by atoms with Gasteiger partial charge in [-0.3, -0.25) is 9.59 Å². The van der Waals surface area contributed by atoms with E-state index in [-0.39, 0.29) is 18.5 Å². The maximum atomic E-state index is 12.4. The molecule has 0 saturated heterocycles. The number of rotatable bonds is 5. The Morgan fingerprint density at radius 1 is 1.41 bits per heavy atom. The second-order valence-corrected chi connectivity index (χ2v) is 5.49. The Hall–Kier alpha value is -1.10. The summed E-state index contributed by atoms with van der Waals surface area (Å²) in [7, 11) is 0. The molecule has 1 fully saturated rings. The van der Waals surface area contributed by atoms with Crippen LogP contribution in [0.15, 0.2) is 0 Å². The first-order valence-corrected chi connectivity index (χ1v) is 6.12. The molecule has 1 saturated carbocycles. The highest BCUT2D eigenvalue weighted by atomic mass is 16.2. The molecule has 1 rings (SSSR count). The maximum absolute atomic E-state index is 12.4. The lowest BCUT2D eigenvalue weighted by Gasteiger charge is -2.47. The van der Waals surface area contributed by atoms with Crippen molar-refractivity contribution >= 4 is 11.8 Å². The van der Waals surface area contributed by atoms with E-state index in [1.54, 1.807) is 4.90 Å². The first-order valence-electron chi connectivity index (χ1n) is 6.12. The quantitative estimate of drug-likeness (QED) is 0.714. The van der Waals surface area contributed by atoms with E-state index in [9.17, 15) is 9.59 Å². The van der Waals surface area contributed by atoms with E-state index in [4.69, 9.17) is 11.5 Å². The molecule has 1 aliphatic rings. The summed E-state index contributed by atoms with van der Waals surface area (Å²) in [6.07, 6.45) is 1.62. The van der Waals surface area contributed by atoms with Gasteiger partial charge in [0.2, 0.25) is 11.8 Å². The molecule has 0 unspecified atom stereocenters. The fraction of sp³-hybridized carbons (Fsp3) is 0.833. The van der Waals surface area contributed by atoms with Crippen LogP contribution in [0.5, 0.6) is 0 Å². The van der Waals surface area contributed by atoms with Gasteiger partial charge in [0.1, 0.15) is 0 Å². The molecule has 17 heavy (non-hydrogen) atoms. The van der Waals surface area contributed by atoms with Gasteiger partial charge in [-0.15, -0.1) is 0 Å². The first kappa shape index (κ1) is 14.0. The van der Waals surface area contributed by atoms with Crippen LogP contribution in [-0.2, 0) is 9.59 Å². The van der Waals surface area contributed by atoms with Gasteiger partial charge in [0.25, 0.3) is 0 Å². The van der Waals surface area contributed by atoms with Gasteiger partial charge in [-0.1, -0.05) is 6.92 Å². The second-order valence-electron chi connectivity index (χ2n) is 5.49. The van der Waals surface area contributed by atoms with Crippen molar-refractivity contribution < 1.29 is 9.59 Å². The SMILES string of the molecule is CC1CC(CN)(C(=O)N(CC(N)=O)C(C)C)C1. The van der Waals surface area contributed by atoms with Crippen molar-refractivity contribution in [2.45, 2.75) is 39.7 Å². The molecule has 0 aliphatic heterocycles. The van der Waals surface area contributed by atoms with Crippen molar-refractivity contribution in [1.29, 1.82) is 0 Å². The monoisotopic (exact) mass is 241 g/mol. The minimum Gasteiger partial charge on any atom is -0.368 e. The fourth-order valence-corrected chi connectivity index (χ4v) is 2.66. The third kappa shape index (κ3) is 2.77. The minimum atomic E-state index is -0.480. The van der Waals surface area contributed by atoms with Crippen molar-refractivity contribution in [3.8, 4) is 0 Å². The summed E-state index contributed by atoms with van der Waals surface area (Å²) >= 11 is 0. The van der Waals surface area contributed by atoms with E-state index in [1.807, 2.05) is 13.8 Å². The summed E-state index contributed by atoms with van der Waals surface area (Å²) in [5, 5.41) is 0. The minimum absolute atomic E-state index is 0.0212. The summed E-state index contributed by atoms with van der Waals surface area (Å²) in [5.74, 6) is 0.0311. The Labute approximate surface area is 103 Å². The van der Waals surface area contributed by atoms with Crippen molar-refractivity contribution in [3.63, 3.8) is 0 Å². The topological polar surface area (TPSA) is 89.4 Å². The summed E-state index contributed by atoms with van der Waals surface area (Å²) in [6, 6.07) is -0.0330. The van der Waals surface area contributed by atoms with E-state index in [0.29, 0.717) is 12.5 Å². The van der Waals surface area contributed by atoms with Crippen molar-refractivity contribution in [2.24, 2.45) is 22.8 Å². The zero-order valence-corrected chi connectivity index (χ0v) is 10.9. The number of carbonyl (C=O) groups is 2. The van der Waals surface area contributed by atoms with Gasteiger partial charge in [0.05, 0.1) is 12.0 Å². The van der Waals surface area contributed by atoms with Crippen LogP contribution in [0, 0.1) is 11.3 Å². The molecule has 0 aromatic heterocycles. The third-order valence-corrected chi connectivity index (χ3v) is 3.53. The Bertz CT molecular complexity index is 309. The Morgan fingerprint density at radius 3 is 2.24 bits per heavy atom. The molecule has 0 bridgehead atoms. The molecule has 0 aromatic carbocycles. The molecule has 0 atom stereocenters. The smallest absolute Gasteiger partial charge is 0.237 e. The molecular formula is C12H23N3O2. The fourth-order valence-electron chi connectivity index (χ4n) is 2.66. The first-order chi connectivity index (χ1) is 7.82. The van der Waals surface area contributed by atoms with Crippen molar-refractivity contribution in [1.82, 2.24) is 4.90 Å². The highest BCUT2D eigenvalue weighted by Gasteiger charge is 2.49. The predicted molar refractivity (Wildman–Crippen MR) is 65.9 cm³/mol. The summed E-state index contributed by atoms with van der Waals surface area (Å²) in [6.45, 7) is 6.19. The zero-order chi connectivity index (χ0) is 13.2. The largest absolute Gasteiger partial charge is 0.368 e. The summed E-state index contributed by atoms with van der Waals surface area (Å²) in [5.41, 5.74) is 10.5. The van der Waals surface area contributed by atoms with Gasteiger partial charge >= 0.3 is 0 Å². The van der Waals surface area contributed by atoms with Crippen LogP contribution in [0.2, 0.25) is 0 Å². The molecule has 4 N–H and O–H groups in total. The van der Waals surface area contributed by atoms with E-state index in [2.05, 4.69) is 6.92 Å². The average molecular weight is 241 g/mol. The number of nitrogens with zero attached hydrogens (tertiary/aromatic N) is 1. The van der Waals surface area contributed by atoms with Crippen LogP contribution in [0.4, 0.5) is 0 Å². The van der Waals surface area contributed by atoms with E-state index < -0.39 is 11.3 Å². The lowest BCUT2D eigenvalue weighted by atomic mass is 9.61. The highest BCUT2D eigenvalue weighted by Crippen LogP contribution is 2.46. The molecule has 5 nitrogen and oxygen atoms in total. The molecule has 0 radical (unpaired) electrons. The zero-order valence-electron chi connectivity index (χ0n) is 10.9. The molecule has 0 heterocycles. The molecule has 98 valence electrons.